The zero-order chi connectivity index (χ0) is 24.5. The number of benzene rings is 2. The largest absolute Gasteiger partial charge is 0.495 e. The first-order chi connectivity index (χ1) is 16.3. The molecule has 0 N–H and O–H groups in total. The van der Waals surface area contributed by atoms with Crippen molar-refractivity contribution in [2.24, 2.45) is 0 Å². The number of carbonyl (C=O) groups excluding carboxylic acids is 1. The number of methoxy groups -OCH3 is 1. The number of amides is 1. The third-order valence-corrected chi connectivity index (χ3v) is 8.00. The number of aryl methyl sites for hydroxylation is 1. The first-order valence-electron chi connectivity index (χ1n) is 11.2. The first kappa shape index (κ1) is 23.8. The average molecular weight is 480 g/mol. The minimum atomic E-state index is -3.93. The highest BCUT2D eigenvalue weighted by molar-refractivity contribution is 7.92. The molecule has 1 aliphatic carbocycles. The summed E-state index contributed by atoms with van der Waals surface area (Å²) >= 11 is 0. The molecule has 178 valence electrons. The summed E-state index contributed by atoms with van der Waals surface area (Å²) in [6.45, 7) is 3.79. The number of hydrogen-bond acceptors (Lipinski definition) is 5. The van der Waals surface area contributed by atoms with Gasteiger partial charge in [-0.3, -0.25) is 14.1 Å². The minimum absolute atomic E-state index is 0.0519. The normalized spacial score (nSPS) is 14.4. The molecule has 3 aromatic rings. The van der Waals surface area contributed by atoms with Gasteiger partial charge in [-0.05, 0) is 68.7 Å². The highest BCUT2D eigenvalue weighted by Gasteiger charge is 2.38. The maximum absolute atomic E-state index is 13.8. The maximum atomic E-state index is 13.8. The molecule has 0 aliphatic heterocycles. The second kappa shape index (κ2) is 9.46. The Morgan fingerprint density at radius 2 is 1.79 bits per heavy atom. The topological polar surface area (TPSA) is 79.8 Å². The van der Waals surface area contributed by atoms with Crippen LogP contribution in [0.2, 0.25) is 0 Å². The fraction of sp³-hybridized carbons (Fsp3) is 0.308. The van der Waals surface area contributed by atoms with Crippen molar-refractivity contribution in [2.75, 3.05) is 18.5 Å². The summed E-state index contributed by atoms with van der Waals surface area (Å²) < 4.78 is 33.5. The SMILES string of the molecule is COc1ccccc1N(C)S(=O)(=O)c1ccc(C)c(C(=O)N(C2CC2)C(C)c2ccccn2)c1. The van der Waals surface area contributed by atoms with Gasteiger partial charge in [-0.15, -0.1) is 0 Å². The summed E-state index contributed by atoms with van der Waals surface area (Å²) in [7, 11) is -0.952. The van der Waals surface area contributed by atoms with Crippen molar-refractivity contribution >= 4 is 21.6 Å². The lowest BCUT2D eigenvalue weighted by atomic mass is 10.1. The predicted octanol–water partition coefficient (Wildman–Crippen LogP) is 4.59. The molecule has 4 rings (SSSR count). The molecule has 0 bridgehead atoms. The third-order valence-electron chi connectivity index (χ3n) is 6.23. The third kappa shape index (κ3) is 4.50. The van der Waals surface area contributed by atoms with E-state index in [9.17, 15) is 13.2 Å². The van der Waals surface area contributed by atoms with Crippen LogP contribution < -0.4 is 9.04 Å². The monoisotopic (exact) mass is 479 g/mol. The molecule has 0 radical (unpaired) electrons. The average Bonchev–Trinajstić information content (AvgIpc) is 3.69. The van der Waals surface area contributed by atoms with Crippen molar-refractivity contribution in [3.63, 3.8) is 0 Å². The summed E-state index contributed by atoms with van der Waals surface area (Å²) in [6, 6.07) is 17.2. The molecule has 1 aromatic heterocycles. The smallest absolute Gasteiger partial charge is 0.264 e. The molecule has 1 heterocycles. The van der Waals surface area contributed by atoms with Gasteiger partial charge in [0, 0.05) is 24.8 Å². The number of aromatic nitrogens is 1. The molecular formula is C26H29N3O4S. The number of carbonyl (C=O) groups is 1. The number of hydrogen-bond donors (Lipinski definition) is 0. The van der Waals surface area contributed by atoms with E-state index in [1.54, 1.807) is 36.5 Å². The van der Waals surface area contributed by atoms with Gasteiger partial charge in [-0.2, -0.15) is 0 Å². The van der Waals surface area contributed by atoms with Gasteiger partial charge in [-0.25, -0.2) is 8.42 Å². The van der Waals surface area contributed by atoms with Crippen molar-refractivity contribution in [1.29, 1.82) is 0 Å². The quantitative estimate of drug-likeness (QED) is 0.472. The lowest BCUT2D eigenvalue weighted by Gasteiger charge is -2.30. The Bertz CT molecular complexity index is 1290. The standard InChI is InChI=1S/C26H29N3O4S/c1-18-12-15-21(34(31,32)28(3)24-10-5-6-11-25(24)33-4)17-22(18)26(30)29(20-13-14-20)19(2)23-9-7-8-16-27-23/h5-12,15-17,19-20H,13-14H2,1-4H3. The zero-order valence-corrected chi connectivity index (χ0v) is 20.6. The number of para-hydroxylation sites is 2. The van der Waals surface area contributed by atoms with Crippen molar-refractivity contribution < 1.29 is 17.9 Å². The van der Waals surface area contributed by atoms with E-state index in [4.69, 9.17) is 4.74 Å². The van der Waals surface area contributed by atoms with Crippen LogP contribution in [0.1, 0.15) is 47.4 Å². The lowest BCUT2D eigenvalue weighted by Crippen LogP contribution is -2.36. The van der Waals surface area contributed by atoms with Gasteiger partial charge in [0.15, 0.2) is 0 Å². The number of nitrogens with zero attached hydrogens (tertiary/aromatic N) is 3. The predicted molar refractivity (Wildman–Crippen MR) is 132 cm³/mol. The van der Waals surface area contributed by atoms with E-state index in [2.05, 4.69) is 4.98 Å². The Hall–Kier alpha value is -3.39. The van der Waals surface area contributed by atoms with E-state index in [1.807, 2.05) is 36.9 Å². The molecule has 8 heteroatoms. The minimum Gasteiger partial charge on any atom is -0.495 e. The zero-order valence-electron chi connectivity index (χ0n) is 19.8. The van der Waals surface area contributed by atoms with Crippen LogP contribution in [0.4, 0.5) is 5.69 Å². The highest BCUT2D eigenvalue weighted by Crippen LogP contribution is 2.36. The van der Waals surface area contributed by atoms with Crippen molar-refractivity contribution in [3.05, 3.63) is 83.7 Å². The summed E-state index contributed by atoms with van der Waals surface area (Å²) in [4.78, 5) is 20.1. The van der Waals surface area contributed by atoms with Crippen molar-refractivity contribution in [3.8, 4) is 5.75 Å². The number of rotatable bonds is 8. The van der Waals surface area contributed by atoms with Gasteiger partial charge in [0.25, 0.3) is 15.9 Å². The maximum Gasteiger partial charge on any atom is 0.264 e. The molecule has 1 unspecified atom stereocenters. The molecule has 1 saturated carbocycles. The van der Waals surface area contributed by atoms with Crippen LogP contribution in [-0.4, -0.2) is 44.4 Å². The Balaban J connectivity index is 1.70. The van der Waals surface area contributed by atoms with E-state index in [-0.39, 0.29) is 22.9 Å². The molecule has 7 nitrogen and oxygen atoms in total. The van der Waals surface area contributed by atoms with Gasteiger partial charge >= 0.3 is 0 Å². The number of sulfonamides is 1. The van der Waals surface area contributed by atoms with Gasteiger partial charge in [-0.1, -0.05) is 24.3 Å². The van der Waals surface area contributed by atoms with E-state index in [1.165, 1.54) is 30.6 Å². The Morgan fingerprint density at radius 3 is 2.44 bits per heavy atom. The summed E-state index contributed by atoms with van der Waals surface area (Å²) in [5, 5.41) is 0. The van der Waals surface area contributed by atoms with Crippen molar-refractivity contribution in [1.82, 2.24) is 9.88 Å². The number of anilines is 1. The molecule has 1 atom stereocenters. The Labute approximate surface area is 201 Å². The van der Waals surface area contributed by atoms with Crippen LogP contribution in [0.5, 0.6) is 5.75 Å². The molecular weight excluding hydrogens is 450 g/mol. The van der Waals surface area contributed by atoms with Crippen LogP contribution in [-0.2, 0) is 10.0 Å². The fourth-order valence-electron chi connectivity index (χ4n) is 4.08. The lowest BCUT2D eigenvalue weighted by molar-refractivity contribution is 0.0669. The molecule has 1 fully saturated rings. The van der Waals surface area contributed by atoms with Crippen LogP contribution in [0.25, 0.3) is 0 Å². The van der Waals surface area contributed by atoms with Gasteiger partial charge in [0.05, 0.1) is 29.4 Å². The second-order valence-electron chi connectivity index (χ2n) is 8.50. The second-order valence-corrected chi connectivity index (χ2v) is 10.5. The molecule has 1 aliphatic rings. The van der Waals surface area contributed by atoms with Crippen LogP contribution in [0.15, 0.2) is 71.8 Å². The molecule has 0 saturated heterocycles. The van der Waals surface area contributed by atoms with Crippen molar-refractivity contribution in [2.45, 2.75) is 43.7 Å². The molecule has 0 spiro atoms. The van der Waals surface area contributed by atoms with E-state index in [0.717, 1.165) is 24.1 Å². The molecule has 34 heavy (non-hydrogen) atoms. The van der Waals surface area contributed by atoms with E-state index < -0.39 is 10.0 Å². The van der Waals surface area contributed by atoms with Gasteiger partial charge < -0.3 is 9.64 Å². The molecule has 2 aromatic carbocycles. The van der Waals surface area contributed by atoms with Crippen LogP contribution in [0.3, 0.4) is 0 Å². The van der Waals surface area contributed by atoms with Gasteiger partial charge in [0.1, 0.15) is 5.75 Å². The molecule has 1 amide bonds. The Kier molecular flexibility index (Phi) is 6.61. The number of ether oxygens (including phenoxy) is 1. The number of pyridine rings is 1. The summed E-state index contributed by atoms with van der Waals surface area (Å²) in [6.07, 6.45) is 3.57. The summed E-state index contributed by atoms with van der Waals surface area (Å²) in [5.74, 6) is 0.260. The fourth-order valence-corrected chi connectivity index (χ4v) is 5.32. The van der Waals surface area contributed by atoms with E-state index >= 15 is 0 Å². The van der Waals surface area contributed by atoms with E-state index in [0.29, 0.717) is 17.0 Å². The Morgan fingerprint density at radius 1 is 1.09 bits per heavy atom. The van der Waals surface area contributed by atoms with Crippen LogP contribution >= 0.6 is 0 Å². The van der Waals surface area contributed by atoms with Crippen LogP contribution in [0, 0.1) is 6.92 Å². The first-order valence-corrected chi connectivity index (χ1v) is 12.7. The van der Waals surface area contributed by atoms with Gasteiger partial charge in [0.2, 0.25) is 0 Å². The summed E-state index contributed by atoms with van der Waals surface area (Å²) in [5.41, 5.74) is 2.33. The highest BCUT2D eigenvalue weighted by atomic mass is 32.2.